The normalized spacial score (nSPS) is 12.2. The molecule has 0 aliphatic rings. The number of nitrogens with one attached hydrogen (secondary N) is 1. The van der Waals surface area contributed by atoms with E-state index in [4.69, 9.17) is 11.6 Å². The van der Waals surface area contributed by atoms with Crippen LogP contribution >= 0.6 is 11.6 Å². The number of anilines is 1. The monoisotopic (exact) mass is 337 g/mol. The zero-order chi connectivity index (χ0) is 16.3. The molecule has 5 nitrogen and oxygen atoms in total. The van der Waals surface area contributed by atoms with Gasteiger partial charge in [0.2, 0.25) is 0 Å². The summed E-state index contributed by atoms with van der Waals surface area (Å²) in [6, 6.07) is 6.91. The van der Waals surface area contributed by atoms with E-state index in [-0.39, 0.29) is 16.6 Å². The molecule has 0 saturated heterocycles. The van der Waals surface area contributed by atoms with Gasteiger partial charge in [0.15, 0.2) is 5.69 Å². The highest BCUT2D eigenvalue weighted by Crippen LogP contribution is 2.21. The molecule has 1 heterocycles. The van der Waals surface area contributed by atoms with Crippen LogP contribution in [0.15, 0.2) is 35.4 Å². The predicted octanol–water partition coefficient (Wildman–Crippen LogP) is 3.24. The van der Waals surface area contributed by atoms with Crippen LogP contribution < -0.4 is 5.32 Å². The van der Waals surface area contributed by atoms with Crippen molar-refractivity contribution >= 4 is 34.0 Å². The second-order valence-corrected chi connectivity index (χ2v) is 6.74. The second-order valence-electron chi connectivity index (χ2n) is 4.98. The predicted molar refractivity (Wildman–Crippen MR) is 87.9 cm³/mol. The number of nitrogens with zero attached hydrogens (tertiary/aromatic N) is 2. The summed E-state index contributed by atoms with van der Waals surface area (Å²) in [5.74, 6) is 0.174. The zero-order valence-corrected chi connectivity index (χ0v) is 14.0. The van der Waals surface area contributed by atoms with Gasteiger partial charge in [-0.05, 0) is 12.1 Å². The van der Waals surface area contributed by atoms with Gasteiger partial charge in [0.25, 0.3) is 5.91 Å². The van der Waals surface area contributed by atoms with Gasteiger partial charge in [-0.15, -0.1) is 0 Å². The Hall–Kier alpha value is -1.79. The van der Waals surface area contributed by atoms with Gasteiger partial charge >= 0.3 is 0 Å². The summed E-state index contributed by atoms with van der Waals surface area (Å²) in [5.41, 5.74) is 0.589. The number of rotatable bonds is 4. The molecule has 0 aliphatic carbocycles. The topological polar surface area (TPSA) is 72.0 Å². The van der Waals surface area contributed by atoms with Crippen LogP contribution in [-0.2, 0) is 10.8 Å². The molecule has 0 fully saturated rings. The molecule has 1 atom stereocenters. The van der Waals surface area contributed by atoms with Crippen LogP contribution in [0.2, 0.25) is 5.02 Å². The minimum absolute atomic E-state index is 0.0826. The number of carbonyl (C=O) groups is 1. The van der Waals surface area contributed by atoms with Gasteiger partial charge in [0.05, 0.1) is 32.6 Å². The van der Waals surface area contributed by atoms with Gasteiger partial charge < -0.3 is 5.32 Å². The van der Waals surface area contributed by atoms with Crippen LogP contribution in [0.5, 0.6) is 0 Å². The maximum absolute atomic E-state index is 12.4. The standard InChI is InChI=1S/C15H16ClN3O2S/c1-9(2)14-17-8-10(16)13(19-14)15(20)18-11-6-4-5-7-12(11)22(3)21/h4-9H,1-3H3,(H,18,20)/t22-/m1/s1. The van der Waals surface area contributed by atoms with E-state index in [1.165, 1.54) is 6.20 Å². The molecule has 0 unspecified atom stereocenters. The van der Waals surface area contributed by atoms with Crippen molar-refractivity contribution in [3.63, 3.8) is 0 Å². The van der Waals surface area contributed by atoms with Gasteiger partial charge in [0, 0.05) is 12.2 Å². The van der Waals surface area contributed by atoms with Crippen molar-refractivity contribution in [1.29, 1.82) is 0 Å². The van der Waals surface area contributed by atoms with Gasteiger partial charge in [-0.2, -0.15) is 0 Å². The molecule has 116 valence electrons. The first-order chi connectivity index (χ1) is 10.4. The first-order valence-electron chi connectivity index (χ1n) is 6.66. The fourth-order valence-electron chi connectivity index (χ4n) is 1.82. The summed E-state index contributed by atoms with van der Waals surface area (Å²) in [6.07, 6.45) is 2.97. The number of carbonyl (C=O) groups excluding carboxylic acids is 1. The third kappa shape index (κ3) is 3.69. The fourth-order valence-corrected chi connectivity index (χ4v) is 2.70. The molecule has 22 heavy (non-hydrogen) atoms. The lowest BCUT2D eigenvalue weighted by Crippen LogP contribution is -2.17. The molecule has 1 amide bonds. The van der Waals surface area contributed by atoms with E-state index in [9.17, 15) is 9.00 Å². The highest BCUT2D eigenvalue weighted by molar-refractivity contribution is 7.84. The van der Waals surface area contributed by atoms with Crippen molar-refractivity contribution in [3.05, 3.63) is 47.0 Å². The Morgan fingerprint density at radius 1 is 1.32 bits per heavy atom. The lowest BCUT2D eigenvalue weighted by atomic mass is 10.2. The number of hydrogen-bond acceptors (Lipinski definition) is 4. The third-order valence-electron chi connectivity index (χ3n) is 2.94. The minimum atomic E-state index is -1.21. The molecule has 2 rings (SSSR count). The van der Waals surface area contributed by atoms with Crippen molar-refractivity contribution in [2.24, 2.45) is 0 Å². The van der Waals surface area contributed by atoms with Crippen molar-refractivity contribution < 1.29 is 9.00 Å². The molecule has 1 N–H and O–H groups in total. The molecule has 0 bridgehead atoms. The SMILES string of the molecule is CC(C)c1ncc(Cl)c(C(=O)Nc2ccccc2[S@@](C)=O)n1. The minimum Gasteiger partial charge on any atom is -0.319 e. The van der Waals surface area contributed by atoms with Crippen LogP contribution in [0.1, 0.15) is 36.1 Å². The maximum Gasteiger partial charge on any atom is 0.275 e. The van der Waals surface area contributed by atoms with Gasteiger partial charge in [0.1, 0.15) is 5.82 Å². The molecule has 0 aliphatic heterocycles. The van der Waals surface area contributed by atoms with Crippen LogP contribution in [0.25, 0.3) is 0 Å². The quantitative estimate of drug-likeness (QED) is 0.929. The van der Waals surface area contributed by atoms with E-state index in [2.05, 4.69) is 15.3 Å². The number of halogens is 1. The molecule has 0 radical (unpaired) electrons. The fraction of sp³-hybridized carbons (Fsp3) is 0.267. The van der Waals surface area contributed by atoms with Crippen molar-refractivity contribution in [2.45, 2.75) is 24.7 Å². The number of aromatic nitrogens is 2. The first kappa shape index (κ1) is 16.6. The van der Waals surface area contributed by atoms with E-state index >= 15 is 0 Å². The summed E-state index contributed by atoms with van der Waals surface area (Å²) < 4.78 is 11.7. The zero-order valence-electron chi connectivity index (χ0n) is 12.5. The molecule has 2 aromatic rings. The average Bonchev–Trinajstić information content (AvgIpc) is 2.47. The molecular weight excluding hydrogens is 322 g/mol. The molecular formula is C15H16ClN3O2S. The van der Waals surface area contributed by atoms with Crippen molar-refractivity contribution in [3.8, 4) is 0 Å². The first-order valence-corrected chi connectivity index (χ1v) is 8.60. The van der Waals surface area contributed by atoms with Gasteiger partial charge in [-0.3, -0.25) is 9.00 Å². The smallest absolute Gasteiger partial charge is 0.275 e. The third-order valence-corrected chi connectivity index (χ3v) is 4.19. The van der Waals surface area contributed by atoms with Crippen LogP contribution in [0.3, 0.4) is 0 Å². The molecule has 7 heteroatoms. The van der Waals surface area contributed by atoms with Crippen molar-refractivity contribution in [1.82, 2.24) is 9.97 Å². The van der Waals surface area contributed by atoms with E-state index < -0.39 is 16.7 Å². The lowest BCUT2D eigenvalue weighted by molar-refractivity contribution is 0.102. The summed E-state index contributed by atoms with van der Waals surface area (Å²) in [6.45, 7) is 3.86. The van der Waals surface area contributed by atoms with E-state index in [0.29, 0.717) is 16.4 Å². The molecule has 1 aromatic heterocycles. The summed E-state index contributed by atoms with van der Waals surface area (Å²) in [5, 5.41) is 2.89. The van der Waals surface area contributed by atoms with Gasteiger partial charge in [-0.25, -0.2) is 9.97 Å². The molecule has 1 aromatic carbocycles. The molecule has 0 saturated carbocycles. The van der Waals surface area contributed by atoms with Gasteiger partial charge in [-0.1, -0.05) is 37.6 Å². The van der Waals surface area contributed by atoms with Crippen molar-refractivity contribution in [2.75, 3.05) is 11.6 Å². The Morgan fingerprint density at radius 2 is 2.00 bits per heavy atom. The summed E-state index contributed by atoms with van der Waals surface area (Å²) >= 11 is 6.02. The van der Waals surface area contributed by atoms with E-state index in [0.717, 1.165) is 0 Å². The number of para-hydroxylation sites is 1. The lowest BCUT2D eigenvalue weighted by Gasteiger charge is -2.11. The summed E-state index contributed by atoms with van der Waals surface area (Å²) in [7, 11) is -1.21. The van der Waals surface area contributed by atoms with Crippen LogP contribution in [0.4, 0.5) is 5.69 Å². The second kappa shape index (κ2) is 6.98. The van der Waals surface area contributed by atoms with E-state index in [1.807, 2.05) is 13.8 Å². The highest BCUT2D eigenvalue weighted by Gasteiger charge is 2.17. The number of hydrogen-bond donors (Lipinski definition) is 1. The average molecular weight is 338 g/mol. The Morgan fingerprint density at radius 3 is 2.64 bits per heavy atom. The Balaban J connectivity index is 2.34. The Bertz CT molecular complexity index is 734. The highest BCUT2D eigenvalue weighted by atomic mass is 35.5. The largest absolute Gasteiger partial charge is 0.319 e. The number of amides is 1. The summed E-state index contributed by atoms with van der Waals surface area (Å²) in [4.78, 5) is 21.3. The Labute approximate surface area is 136 Å². The number of benzene rings is 1. The maximum atomic E-state index is 12.4. The Kier molecular flexibility index (Phi) is 5.26. The van der Waals surface area contributed by atoms with E-state index in [1.54, 1.807) is 30.5 Å². The van der Waals surface area contributed by atoms with Crippen LogP contribution in [-0.4, -0.2) is 26.3 Å². The van der Waals surface area contributed by atoms with Crippen LogP contribution in [0, 0.1) is 0 Å². The molecule has 0 spiro atoms.